The summed E-state index contributed by atoms with van der Waals surface area (Å²) in [6.45, 7) is 5.34. The molecule has 0 radical (unpaired) electrons. The average molecular weight is 520 g/mol. The maximum Gasteiger partial charge on any atom is 0.231 e. The van der Waals surface area contributed by atoms with Gasteiger partial charge >= 0.3 is 0 Å². The number of guanidine groups is 1. The molecule has 1 aromatic heterocycles. The summed E-state index contributed by atoms with van der Waals surface area (Å²) in [5.41, 5.74) is 1.99. The first-order valence-electron chi connectivity index (χ1n) is 8.88. The molecule has 2 aliphatic rings. The maximum absolute atomic E-state index is 6.26. The zero-order valence-corrected chi connectivity index (χ0v) is 18.6. The van der Waals surface area contributed by atoms with Gasteiger partial charge in [-0.2, -0.15) is 0 Å². The minimum atomic E-state index is 0. The Bertz CT molecular complexity index is 810. The van der Waals surface area contributed by atoms with E-state index in [1.54, 1.807) is 13.3 Å². The Kier molecular flexibility index (Phi) is 7.24. The van der Waals surface area contributed by atoms with Crippen molar-refractivity contribution < 1.29 is 14.0 Å². The van der Waals surface area contributed by atoms with Gasteiger partial charge in [0.1, 0.15) is 6.26 Å². The number of aromatic nitrogens is 1. The van der Waals surface area contributed by atoms with Crippen LogP contribution in [0.1, 0.15) is 11.3 Å². The molecule has 0 saturated carbocycles. The molecular weight excluding hydrogens is 497 g/mol. The van der Waals surface area contributed by atoms with Crippen LogP contribution in [0.2, 0.25) is 5.02 Å². The monoisotopic (exact) mass is 519 g/mol. The number of nitrogens with one attached hydrogen (secondary N) is 1. The van der Waals surface area contributed by atoms with Gasteiger partial charge < -0.3 is 24.2 Å². The van der Waals surface area contributed by atoms with E-state index in [0.717, 1.165) is 49.9 Å². The third kappa shape index (κ3) is 4.81. The third-order valence-corrected chi connectivity index (χ3v) is 4.98. The molecule has 0 amide bonds. The molecule has 8 nitrogen and oxygen atoms in total. The van der Waals surface area contributed by atoms with Crippen LogP contribution in [0.3, 0.4) is 0 Å². The normalized spacial score (nSPS) is 16.8. The molecule has 0 bridgehead atoms. The minimum Gasteiger partial charge on any atom is -0.454 e. The van der Waals surface area contributed by atoms with Crippen molar-refractivity contribution in [3.63, 3.8) is 0 Å². The standard InChI is InChI=1S/C18H22ClN5O3.HI/c1-20-18(21-10-13-8-15(19)17-16(9-13)25-12-26-17)24-5-3-23(4-6-24)11-14-2-7-27-22-14;/h2,7-9H,3-6,10-12H2,1H3,(H,20,21);1H. The van der Waals surface area contributed by atoms with Gasteiger partial charge in [0.05, 0.1) is 10.7 Å². The maximum atomic E-state index is 6.26. The summed E-state index contributed by atoms with van der Waals surface area (Å²) in [5.74, 6) is 2.19. The van der Waals surface area contributed by atoms with Crippen molar-refractivity contribution in [3.8, 4) is 11.5 Å². The van der Waals surface area contributed by atoms with Gasteiger partial charge in [-0.15, -0.1) is 24.0 Å². The van der Waals surface area contributed by atoms with Crippen LogP contribution in [0, 0.1) is 0 Å². The molecule has 4 rings (SSSR count). The van der Waals surface area contributed by atoms with E-state index in [4.69, 9.17) is 25.6 Å². The fourth-order valence-electron chi connectivity index (χ4n) is 3.30. The Morgan fingerprint density at radius 3 is 2.79 bits per heavy atom. The molecule has 0 aliphatic carbocycles. The van der Waals surface area contributed by atoms with Crippen LogP contribution >= 0.6 is 35.6 Å². The largest absolute Gasteiger partial charge is 0.454 e. The van der Waals surface area contributed by atoms with Gasteiger partial charge in [0.2, 0.25) is 6.79 Å². The fraction of sp³-hybridized carbons (Fsp3) is 0.444. The Hall–Kier alpha value is -1.72. The Balaban J connectivity index is 0.00000225. The first-order valence-corrected chi connectivity index (χ1v) is 9.26. The van der Waals surface area contributed by atoms with Crippen LogP contribution in [-0.4, -0.2) is 60.9 Å². The molecule has 2 aromatic rings. The van der Waals surface area contributed by atoms with Crippen LogP contribution in [-0.2, 0) is 13.1 Å². The second-order valence-electron chi connectivity index (χ2n) is 6.47. The minimum absolute atomic E-state index is 0. The molecule has 10 heteroatoms. The van der Waals surface area contributed by atoms with E-state index in [2.05, 4.69) is 25.3 Å². The van der Waals surface area contributed by atoms with Crippen LogP contribution < -0.4 is 14.8 Å². The molecule has 1 fully saturated rings. The molecule has 28 heavy (non-hydrogen) atoms. The molecule has 3 heterocycles. The van der Waals surface area contributed by atoms with Crippen molar-refractivity contribution in [1.29, 1.82) is 0 Å². The SMILES string of the molecule is CN=C(NCc1cc(Cl)c2c(c1)OCO2)N1CCN(Cc2ccon2)CC1.I. The smallest absolute Gasteiger partial charge is 0.231 e. The lowest BCUT2D eigenvalue weighted by Crippen LogP contribution is -2.52. The number of nitrogens with zero attached hydrogens (tertiary/aromatic N) is 4. The van der Waals surface area contributed by atoms with Crippen molar-refractivity contribution in [3.05, 3.63) is 40.7 Å². The summed E-state index contributed by atoms with van der Waals surface area (Å²) in [5, 5.41) is 7.96. The van der Waals surface area contributed by atoms with Gasteiger partial charge in [-0.1, -0.05) is 16.8 Å². The van der Waals surface area contributed by atoms with E-state index in [-0.39, 0.29) is 30.8 Å². The molecule has 0 spiro atoms. The molecule has 1 saturated heterocycles. The highest BCUT2D eigenvalue weighted by Crippen LogP contribution is 2.39. The Morgan fingerprint density at radius 2 is 2.07 bits per heavy atom. The molecule has 0 unspecified atom stereocenters. The summed E-state index contributed by atoms with van der Waals surface area (Å²) < 4.78 is 15.7. The van der Waals surface area contributed by atoms with Gasteiger partial charge in [0, 0.05) is 52.4 Å². The molecule has 152 valence electrons. The van der Waals surface area contributed by atoms with Crippen LogP contribution in [0.15, 0.2) is 34.0 Å². The van der Waals surface area contributed by atoms with Gasteiger partial charge in [0.25, 0.3) is 0 Å². The lowest BCUT2D eigenvalue weighted by molar-refractivity contribution is 0.169. The van der Waals surface area contributed by atoms with Crippen LogP contribution in [0.25, 0.3) is 0 Å². The van der Waals surface area contributed by atoms with Crippen LogP contribution in [0.5, 0.6) is 11.5 Å². The zero-order chi connectivity index (χ0) is 18.6. The molecule has 0 atom stereocenters. The number of rotatable bonds is 4. The summed E-state index contributed by atoms with van der Waals surface area (Å²) in [7, 11) is 1.80. The van der Waals surface area contributed by atoms with Crippen molar-refractivity contribution in [2.24, 2.45) is 4.99 Å². The highest BCUT2D eigenvalue weighted by molar-refractivity contribution is 14.0. The fourth-order valence-corrected chi connectivity index (χ4v) is 3.59. The number of hydrogen-bond acceptors (Lipinski definition) is 6. The van der Waals surface area contributed by atoms with E-state index in [9.17, 15) is 0 Å². The van der Waals surface area contributed by atoms with Gasteiger partial charge in [0.15, 0.2) is 17.5 Å². The summed E-state index contributed by atoms with van der Waals surface area (Å²) in [4.78, 5) is 9.04. The van der Waals surface area contributed by atoms with E-state index < -0.39 is 0 Å². The number of ether oxygens (including phenoxy) is 2. The third-order valence-electron chi connectivity index (χ3n) is 4.70. The highest BCUT2D eigenvalue weighted by atomic mass is 127. The molecule has 1 aromatic carbocycles. The van der Waals surface area contributed by atoms with Crippen molar-refractivity contribution >= 4 is 41.5 Å². The molecular formula is C18H23ClIN5O3. The molecule has 1 N–H and O–H groups in total. The van der Waals surface area contributed by atoms with Crippen LogP contribution in [0.4, 0.5) is 0 Å². The molecule has 2 aliphatic heterocycles. The highest BCUT2D eigenvalue weighted by Gasteiger charge is 2.21. The number of benzene rings is 1. The van der Waals surface area contributed by atoms with E-state index in [1.807, 2.05) is 18.2 Å². The number of fused-ring (bicyclic) bond motifs is 1. The number of aliphatic imine (C=N–C) groups is 1. The Morgan fingerprint density at radius 1 is 1.25 bits per heavy atom. The van der Waals surface area contributed by atoms with E-state index in [1.165, 1.54) is 0 Å². The summed E-state index contributed by atoms with van der Waals surface area (Å²) in [6.07, 6.45) is 1.61. The quantitative estimate of drug-likeness (QED) is 0.378. The lowest BCUT2D eigenvalue weighted by Gasteiger charge is -2.36. The predicted octanol–water partition coefficient (Wildman–Crippen LogP) is 2.57. The first kappa shape index (κ1) is 21.0. The Labute approximate surface area is 185 Å². The van der Waals surface area contributed by atoms with Gasteiger partial charge in [-0.25, -0.2) is 0 Å². The first-order chi connectivity index (χ1) is 13.2. The zero-order valence-electron chi connectivity index (χ0n) is 15.6. The second-order valence-corrected chi connectivity index (χ2v) is 6.87. The summed E-state index contributed by atoms with van der Waals surface area (Å²) >= 11 is 6.26. The number of piperazine rings is 1. The van der Waals surface area contributed by atoms with Crippen molar-refractivity contribution in [2.45, 2.75) is 13.1 Å². The van der Waals surface area contributed by atoms with Gasteiger partial charge in [-0.3, -0.25) is 9.89 Å². The van der Waals surface area contributed by atoms with Crippen molar-refractivity contribution in [1.82, 2.24) is 20.3 Å². The average Bonchev–Trinajstić information content (AvgIpc) is 3.35. The topological polar surface area (TPSA) is 75.4 Å². The summed E-state index contributed by atoms with van der Waals surface area (Å²) in [6, 6.07) is 5.75. The van der Waals surface area contributed by atoms with E-state index >= 15 is 0 Å². The van der Waals surface area contributed by atoms with E-state index in [0.29, 0.717) is 23.1 Å². The van der Waals surface area contributed by atoms with Gasteiger partial charge in [-0.05, 0) is 17.7 Å². The van der Waals surface area contributed by atoms with Crippen molar-refractivity contribution in [2.75, 3.05) is 40.0 Å². The number of hydrogen-bond donors (Lipinski definition) is 1. The predicted molar refractivity (Wildman–Crippen MR) is 117 cm³/mol. The second kappa shape index (κ2) is 9.66. The number of halogens is 2. The lowest BCUT2D eigenvalue weighted by atomic mass is 10.2.